The lowest BCUT2D eigenvalue weighted by Gasteiger charge is -2.00. The molecule has 0 fully saturated rings. The van der Waals surface area contributed by atoms with E-state index in [0.717, 1.165) is 29.5 Å². The zero-order valence-corrected chi connectivity index (χ0v) is 12.9. The Hall–Kier alpha value is -2.25. The van der Waals surface area contributed by atoms with E-state index >= 15 is 0 Å². The number of allylic oxidation sites excluding steroid dienone is 3. The Labute approximate surface area is 129 Å². The van der Waals surface area contributed by atoms with Gasteiger partial charge in [-0.15, -0.1) is 0 Å². The normalized spacial score (nSPS) is 10.8. The Morgan fingerprint density at radius 3 is 2.90 bits per heavy atom. The van der Waals surface area contributed by atoms with Crippen LogP contribution in [0.15, 0.2) is 30.5 Å². The lowest BCUT2D eigenvalue weighted by Crippen LogP contribution is -1.99. The van der Waals surface area contributed by atoms with Crippen LogP contribution in [0.4, 0.5) is 5.95 Å². The van der Waals surface area contributed by atoms with Crippen molar-refractivity contribution in [1.29, 1.82) is 0 Å². The van der Waals surface area contributed by atoms with E-state index in [9.17, 15) is 0 Å². The zero-order valence-electron chi connectivity index (χ0n) is 12.2. The first kappa shape index (κ1) is 15.1. The minimum Gasteiger partial charge on any atom is -0.368 e. The summed E-state index contributed by atoms with van der Waals surface area (Å²) in [4.78, 5) is 8.25. The van der Waals surface area contributed by atoms with Crippen LogP contribution in [0, 0.1) is 11.8 Å². The Kier molecular flexibility index (Phi) is 4.66. The van der Waals surface area contributed by atoms with Gasteiger partial charge in [-0.1, -0.05) is 49.1 Å². The molecule has 2 heterocycles. The molecule has 5 heteroatoms. The Morgan fingerprint density at radius 2 is 2.24 bits per heavy atom. The van der Waals surface area contributed by atoms with Crippen LogP contribution in [0.5, 0.6) is 0 Å². The molecule has 0 aliphatic rings. The maximum atomic E-state index is 6.19. The first-order chi connectivity index (χ1) is 10.1. The topological polar surface area (TPSA) is 56.7 Å². The van der Waals surface area contributed by atoms with Crippen LogP contribution >= 0.6 is 11.6 Å². The van der Waals surface area contributed by atoms with Gasteiger partial charge in [-0.2, -0.15) is 4.98 Å². The molecule has 0 unspecified atom stereocenters. The second kappa shape index (κ2) is 6.47. The van der Waals surface area contributed by atoms with E-state index in [2.05, 4.69) is 35.3 Å². The number of nitrogens with two attached hydrogens (primary N) is 1. The Morgan fingerprint density at radius 1 is 1.48 bits per heavy atom. The first-order valence-electron chi connectivity index (χ1n) is 6.76. The molecular weight excluding hydrogens is 284 g/mol. The lowest BCUT2D eigenvalue weighted by atomic mass is 10.2. The van der Waals surface area contributed by atoms with Gasteiger partial charge in [-0.25, -0.2) is 4.98 Å². The molecule has 4 nitrogen and oxygen atoms in total. The molecule has 0 spiro atoms. The summed E-state index contributed by atoms with van der Waals surface area (Å²) in [5, 5.41) is 1.05. The van der Waals surface area contributed by atoms with Crippen LogP contribution in [0.1, 0.15) is 25.8 Å². The lowest BCUT2D eigenvalue weighted by molar-refractivity contribution is 0.786. The summed E-state index contributed by atoms with van der Waals surface area (Å²) in [6, 6.07) is 0. The molecule has 0 aliphatic carbocycles. The molecule has 0 atom stereocenters. The van der Waals surface area contributed by atoms with Crippen LogP contribution in [-0.4, -0.2) is 14.5 Å². The molecule has 21 heavy (non-hydrogen) atoms. The predicted molar refractivity (Wildman–Crippen MR) is 88.1 cm³/mol. The van der Waals surface area contributed by atoms with Gasteiger partial charge in [0.2, 0.25) is 5.95 Å². The van der Waals surface area contributed by atoms with Crippen molar-refractivity contribution in [3.05, 3.63) is 41.2 Å². The highest BCUT2D eigenvalue weighted by atomic mass is 35.5. The average Bonchev–Trinajstić information content (AvgIpc) is 2.80. The fourth-order valence-corrected chi connectivity index (χ4v) is 2.22. The number of aromatic nitrogens is 3. The van der Waals surface area contributed by atoms with Crippen LogP contribution in [-0.2, 0) is 6.54 Å². The third-order valence-corrected chi connectivity index (χ3v) is 3.22. The highest BCUT2D eigenvalue weighted by Crippen LogP contribution is 2.26. The second-order valence-electron chi connectivity index (χ2n) is 4.49. The van der Waals surface area contributed by atoms with Crippen molar-refractivity contribution in [2.75, 3.05) is 5.73 Å². The predicted octanol–water partition coefficient (Wildman–Crippen LogP) is 3.56. The molecule has 0 bridgehead atoms. The van der Waals surface area contributed by atoms with Crippen molar-refractivity contribution >= 4 is 28.6 Å². The fraction of sp³-hybridized carbons (Fsp3) is 0.250. The number of hydrogen-bond donors (Lipinski definition) is 1. The quantitative estimate of drug-likeness (QED) is 0.536. The summed E-state index contributed by atoms with van der Waals surface area (Å²) < 4.78 is 1.95. The van der Waals surface area contributed by atoms with Crippen LogP contribution in [0.3, 0.4) is 0 Å². The molecule has 0 saturated carbocycles. The monoisotopic (exact) mass is 300 g/mol. The summed E-state index contributed by atoms with van der Waals surface area (Å²) in [7, 11) is 0. The molecule has 2 aromatic rings. The van der Waals surface area contributed by atoms with Crippen molar-refractivity contribution in [3.8, 4) is 11.8 Å². The minimum absolute atomic E-state index is 0.162. The van der Waals surface area contributed by atoms with Crippen molar-refractivity contribution < 1.29 is 0 Å². The van der Waals surface area contributed by atoms with E-state index in [4.69, 9.17) is 17.3 Å². The summed E-state index contributed by atoms with van der Waals surface area (Å²) in [6.07, 6.45) is 6.79. The average molecular weight is 301 g/mol. The van der Waals surface area contributed by atoms with Crippen LogP contribution in [0.2, 0.25) is 5.15 Å². The maximum absolute atomic E-state index is 6.19. The van der Waals surface area contributed by atoms with Gasteiger partial charge in [0.15, 0.2) is 0 Å². The van der Waals surface area contributed by atoms with E-state index in [1.165, 1.54) is 0 Å². The third-order valence-electron chi connectivity index (χ3n) is 2.94. The van der Waals surface area contributed by atoms with E-state index in [-0.39, 0.29) is 5.95 Å². The number of nitrogens with zero attached hydrogens (tertiary/aromatic N) is 3. The number of rotatable bonds is 3. The number of nitrogen functional groups attached to an aromatic ring is 1. The molecule has 2 rings (SSSR count). The Bertz CT molecular complexity index is 775. The second-order valence-corrected chi connectivity index (χ2v) is 4.84. The minimum atomic E-state index is 0.162. The van der Waals surface area contributed by atoms with Gasteiger partial charge in [0, 0.05) is 18.3 Å². The van der Waals surface area contributed by atoms with Gasteiger partial charge < -0.3 is 10.3 Å². The summed E-state index contributed by atoms with van der Waals surface area (Å²) in [5.41, 5.74) is 7.89. The van der Waals surface area contributed by atoms with Crippen molar-refractivity contribution in [1.82, 2.24) is 14.5 Å². The summed E-state index contributed by atoms with van der Waals surface area (Å²) in [5.74, 6) is 6.26. The standard InChI is InChI=1S/C16H17ClN4/c1-4-6-7-11(3)8-9-12-10-21(5-2)15-13(12)14(17)19-16(18)20-15/h6-7,10H,3-5H2,1-2H3,(H2,18,19,20). The highest BCUT2D eigenvalue weighted by molar-refractivity contribution is 6.34. The molecule has 0 aromatic carbocycles. The van der Waals surface area contributed by atoms with Crippen LogP contribution in [0.25, 0.3) is 11.0 Å². The smallest absolute Gasteiger partial charge is 0.223 e. The highest BCUT2D eigenvalue weighted by Gasteiger charge is 2.13. The number of aryl methyl sites for hydroxylation is 1. The first-order valence-corrected chi connectivity index (χ1v) is 7.13. The zero-order chi connectivity index (χ0) is 15.4. The van der Waals surface area contributed by atoms with Crippen molar-refractivity contribution in [2.45, 2.75) is 26.8 Å². The van der Waals surface area contributed by atoms with E-state index < -0.39 is 0 Å². The number of hydrogen-bond acceptors (Lipinski definition) is 3. The van der Waals surface area contributed by atoms with Crippen molar-refractivity contribution in [3.63, 3.8) is 0 Å². The van der Waals surface area contributed by atoms with Gasteiger partial charge in [-0.05, 0) is 13.3 Å². The van der Waals surface area contributed by atoms with E-state index in [1.807, 2.05) is 29.8 Å². The molecule has 0 radical (unpaired) electrons. The third kappa shape index (κ3) is 3.26. The van der Waals surface area contributed by atoms with Gasteiger partial charge >= 0.3 is 0 Å². The van der Waals surface area contributed by atoms with Gasteiger partial charge in [0.25, 0.3) is 0 Å². The Balaban J connectivity index is 2.53. The molecule has 0 amide bonds. The van der Waals surface area contributed by atoms with Gasteiger partial charge in [0.1, 0.15) is 10.8 Å². The SMILES string of the molecule is C=C(C#Cc1cn(CC)c2nc(N)nc(Cl)c12)C=CCC. The van der Waals surface area contributed by atoms with Crippen molar-refractivity contribution in [2.24, 2.45) is 0 Å². The fourth-order valence-electron chi connectivity index (χ4n) is 1.94. The molecule has 0 aliphatic heterocycles. The number of halogens is 1. The largest absolute Gasteiger partial charge is 0.368 e. The number of anilines is 1. The van der Waals surface area contributed by atoms with Gasteiger partial charge in [0.05, 0.1) is 10.9 Å². The van der Waals surface area contributed by atoms with E-state index in [0.29, 0.717) is 10.8 Å². The molecule has 108 valence electrons. The van der Waals surface area contributed by atoms with E-state index in [1.54, 1.807) is 0 Å². The van der Waals surface area contributed by atoms with Crippen LogP contribution < -0.4 is 5.73 Å². The maximum Gasteiger partial charge on any atom is 0.223 e. The number of fused-ring (bicyclic) bond motifs is 1. The molecule has 2 N–H and O–H groups in total. The molecule has 2 aromatic heterocycles. The molecular formula is C16H17ClN4. The van der Waals surface area contributed by atoms with Gasteiger partial charge in [-0.3, -0.25) is 0 Å². The summed E-state index contributed by atoms with van der Waals surface area (Å²) >= 11 is 6.19. The molecule has 0 saturated heterocycles. The summed E-state index contributed by atoms with van der Waals surface area (Å²) in [6.45, 7) is 8.73.